The fourth-order valence-electron chi connectivity index (χ4n) is 2.11. The van der Waals surface area contributed by atoms with Gasteiger partial charge in [-0.15, -0.1) is 0 Å². The molecule has 0 aliphatic carbocycles. The van der Waals surface area contributed by atoms with Gasteiger partial charge in [0.1, 0.15) is 0 Å². The van der Waals surface area contributed by atoms with Crippen LogP contribution in [0, 0.1) is 11.3 Å². The molecule has 0 N–H and O–H groups in total. The summed E-state index contributed by atoms with van der Waals surface area (Å²) in [4.78, 5) is 11.4. The third-order valence-corrected chi connectivity index (χ3v) is 5.02. The van der Waals surface area contributed by atoms with E-state index >= 15 is 0 Å². The summed E-state index contributed by atoms with van der Waals surface area (Å²) in [6.45, 7) is 1.58. The predicted molar refractivity (Wildman–Crippen MR) is 62.8 cm³/mol. The van der Waals surface area contributed by atoms with Crippen LogP contribution in [-0.2, 0) is 20.0 Å². The Hall–Kier alpha value is -1.87. The van der Waals surface area contributed by atoms with Crippen LogP contribution in [0.5, 0.6) is 0 Å². The maximum Gasteiger partial charge on any atom is 0.337 e. The molecular formula is C12H11NO4S. The van der Waals surface area contributed by atoms with Gasteiger partial charge < -0.3 is 4.74 Å². The summed E-state index contributed by atoms with van der Waals surface area (Å²) in [5.74, 6) is -0.852. The highest BCUT2D eigenvalue weighted by Gasteiger charge is 2.44. The number of methoxy groups -OCH3 is 1. The van der Waals surface area contributed by atoms with Crippen LogP contribution in [0.1, 0.15) is 22.8 Å². The molecule has 0 saturated heterocycles. The fourth-order valence-corrected chi connectivity index (χ4v) is 4.18. The van der Waals surface area contributed by atoms with E-state index in [4.69, 9.17) is 5.26 Å². The van der Waals surface area contributed by atoms with E-state index in [1.165, 1.54) is 25.3 Å². The van der Waals surface area contributed by atoms with E-state index in [9.17, 15) is 13.2 Å². The lowest BCUT2D eigenvalue weighted by Crippen LogP contribution is -2.21. The number of carbonyl (C=O) groups excluding carboxylic acids is 1. The van der Waals surface area contributed by atoms with Crippen LogP contribution in [0.25, 0.3) is 0 Å². The number of ether oxygens (including phenoxy) is 1. The molecule has 1 unspecified atom stereocenters. The minimum Gasteiger partial charge on any atom is -0.465 e. The first-order valence-electron chi connectivity index (χ1n) is 5.21. The van der Waals surface area contributed by atoms with Gasteiger partial charge in [-0.05, 0) is 24.6 Å². The summed E-state index contributed by atoms with van der Waals surface area (Å²) in [5.41, 5.74) is -0.442. The van der Waals surface area contributed by atoms with Crippen molar-refractivity contribution in [1.82, 2.24) is 0 Å². The third-order valence-electron chi connectivity index (χ3n) is 3.06. The summed E-state index contributed by atoms with van der Waals surface area (Å²) < 4.78 is 28.5. The molecule has 5 nitrogen and oxygen atoms in total. The highest BCUT2D eigenvalue weighted by Crippen LogP contribution is 2.39. The second-order valence-electron chi connectivity index (χ2n) is 4.41. The van der Waals surface area contributed by atoms with Gasteiger partial charge in [0.05, 0.1) is 34.8 Å². The molecule has 0 saturated carbocycles. The average molecular weight is 265 g/mol. The molecular weight excluding hydrogens is 254 g/mol. The van der Waals surface area contributed by atoms with Gasteiger partial charge in [-0.2, -0.15) is 5.26 Å². The zero-order chi connectivity index (χ0) is 13.6. The Morgan fingerprint density at radius 1 is 1.50 bits per heavy atom. The van der Waals surface area contributed by atoms with Crippen molar-refractivity contribution >= 4 is 15.8 Å². The van der Waals surface area contributed by atoms with E-state index in [0.717, 1.165) is 0 Å². The highest BCUT2D eigenvalue weighted by atomic mass is 32.2. The first-order chi connectivity index (χ1) is 8.34. The number of hydrogen-bond donors (Lipinski definition) is 0. The molecule has 6 heteroatoms. The summed E-state index contributed by atoms with van der Waals surface area (Å²) in [6, 6.07) is 6.28. The van der Waals surface area contributed by atoms with Crippen LogP contribution < -0.4 is 0 Å². The molecule has 0 amide bonds. The summed E-state index contributed by atoms with van der Waals surface area (Å²) in [7, 11) is -2.29. The lowest BCUT2D eigenvalue weighted by molar-refractivity contribution is 0.0600. The van der Waals surface area contributed by atoms with Gasteiger partial charge >= 0.3 is 5.97 Å². The molecule has 2 rings (SSSR count). The Morgan fingerprint density at radius 3 is 2.72 bits per heavy atom. The van der Waals surface area contributed by atoms with E-state index in [2.05, 4.69) is 4.74 Å². The molecule has 1 aromatic rings. The molecule has 1 aliphatic rings. The Balaban J connectivity index is 2.69. The van der Waals surface area contributed by atoms with Crippen molar-refractivity contribution in [2.24, 2.45) is 0 Å². The van der Waals surface area contributed by atoms with Gasteiger partial charge in [0.15, 0.2) is 9.84 Å². The second kappa shape index (κ2) is 3.82. The maximum absolute atomic E-state index is 12.0. The van der Waals surface area contributed by atoms with Crippen molar-refractivity contribution in [2.45, 2.75) is 17.2 Å². The molecule has 18 heavy (non-hydrogen) atoms. The van der Waals surface area contributed by atoms with Gasteiger partial charge in [-0.3, -0.25) is 0 Å². The van der Waals surface area contributed by atoms with Crippen LogP contribution in [0.15, 0.2) is 23.1 Å². The SMILES string of the molecule is COC(=O)c1ccc2c(c1)S(=O)(=O)CC2(C)C#N. The quantitative estimate of drug-likeness (QED) is 0.708. The lowest BCUT2D eigenvalue weighted by Gasteiger charge is -2.13. The largest absolute Gasteiger partial charge is 0.465 e. The van der Waals surface area contributed by atoms with Crippen LogP contribution >= 0.6 is 0 Å². The van der Waals surface area contributed by atoms with Crippen molar-refractivity contribution in [3.63, 3.8) is 0 Å². The molecule has 1 atom stereocenters. The first-order valence-corrected chi connectivity index (χ1v) is 6.86. The van der Waals surface area contributed by atoms with Crippen molar-refractivity contribution in [3.05, 3.63) is 29.3 Å². The Kier molecular flexibility index (Phi) is 2.67. The van der Waals surface area contributed by atoms with E-state index in [-0.39, 0.29) is 16.2 Å². The zero-order valence-electron chi connectivity index (χ0n) is 9.93. The zero-order valence-corrected chi connectivity index (χ0v) is 10.7. The van der Waals surface area contributed by atoms with Gasteiger partial charge in [0.25, 0.3) is 0 Å². The van der Waals surface area contributed by atoms with Gasteiger partial charge in [0, 0.05) is 0 Å². The predicted octanol–water partition coefficient (Wildman–Crippen LogP) is 1.04. The first kappa shape index (κ1) is 12.6. The number of rotatable bonds is 1. The Bertz CT molecular complexity index is 672. The fraction of sp³-hybridized carbons (Fsp3) is 0.333. The monoisotopic (exact) mass is 265 g/mol. The average Bonchev–Trinajstić information content (AvgIpc) is 2.56. The minimum atomic E-state index is -3.52. The van der Waals surface area contributed by atoms with E-state index in [0.29, 0.717) is 5.56 Å². The van der Waals surface area contributed by atoms with Crippen molar-refractivity contribution in [1.29, 1.82) is 5.26 Å². The molecule has 0 spiro atoms. The van der Waals surface area contributed by atoms with Crippen LogP contribution in [0.2, 0.25) is 0 Å². The molecule has 0 aromatic heterocycles. The molecule has 0 fully saturated rings. The number of fused-ring (bicyclic) bond motifs is 1. The summed E-state index contributed by atoms with van der Waals surface area (Å²) in [6.07, 6.45) is 0. The third kappa shape index (κ3) is 1.68. The second-order valence-corrected chi connectivity index (χ2v) is 6.36. The molecule has 94 valence electrons. The number of carbonyl (C=O) groups is 1. The lowest BCUT2D eigenvalue weighted by atomic mass is 9.86. The number of hydrogen-bond acceptors (Lipinski definition) is 5. The van der Waals surface area contributed by atoms with Gasteiger partial charge in [-0.1, -0.05) is 6.07 Å². The van der Waals surface area contributed by atoms with Crippen LogP contribution in [0.3, 0.4) is 0 Å². The van der Waals surface area contributed by atoms with Crippen molar-refractivity contribution in [2.75, 3.05) is 12.9 Å². The van der Waals surface area contributed by atoms with Crippen LogP contribution in [-0.4, -0.2) is 27.2 Å². The van der Waals surface area contributed by atoms with Crippen molar-refractivity contribution in [3.8, 4) is 6.07 Å². The summed E-state index contributed by atoms with van der Waals surface area (Å²) >= 11 is 0. The van der Waals surface area contributed by atoms with Gasteiger partial charge in [0.2, 0.25) is 0 Å². The number of benzene rings is 1. The number of nitrogens with zero attached hydrogens (tertiary/aromatic N) is 1. The van der Waals surface area contributed by atoms with E-state index in [1.807, 2.05) is 6.07 Å². The maximum atomic E-state index is 12.0. The van der Waals surface area contributed by atoms with Crippen LogP contribution in [0.4, 0.5) is 0 Å². The highest BCUT2D eigenvalue weighted by molar-refractivity contribution is 7.91. The molecule has 1 aliphatic heterocycles. The standard InChI is InChI=1S/C12H11NO4S/c1-12(6-13)7-18(15,16)10-5-8(11(14)17-2)3-4-9(10)12/h3-5H,7H2,1-2H3. The van der Waals surface area contributed by atoms with E-state index < -0.39 is 21.2 Å². The topological polar surface area (TPSA) is 84.2 Å². The minimum absolute atomic E-state index is 0.0504. The Morgan fingerprint density at radius 2 is 2.17 bits per heavy atom. The number of sulfone groups is 1. The van der Waals surface area contributed by atoms with Gasteiger partial charge in [-0.25, -0.2) is 13.2 Å². The smallest absolute Gasteiger partial charge is 0.337 e. The molecule has 0 bridgehead atoms. The molecule has 1 aromatic carbocycles. The molecule has 1 heterocycles. The van der Waals surface area contributed by atoms with E-state index in [1.54, 1.807) is 6.92 Å². The summed E-state index contributed by atoms with van der Waals surface area (Å²) in [5, 5.41) is 9.12. The number of nitriles is 1. The Labute approximate surface area is 105 Å². The van der Waals surface area contributed by atoms with Crippen molar-refractivity contribution < 1.29 is 17.9 Å². The molecule has 0 radical (unpaired) electrons. The normalized spacial score (nSPS) is 24.1. The number of esters is 1.